The first kappa shape index (κ1) is 22.7. The summed E-state index contributed by atoms with van der Waals surface area (Å²) in [6.07, 6.45) is 3.96. The van der Waals surface area contributed by atoms with E-state index in [1.165, 1.54) is 6.20 Å². The van der Waals surface area contributed by atoms with Crippen molar-refractivity contribution in [3.8, 4) is 11.4 Å². The largest absolute Gasteiger partial charge is 0.445 e. The van der Waals surface area contributed by atoms with E-state index in [2.05, 4.69) is 20.3 Å². The van der Waals surface area contributed by atoms with Gasteiger partial charge in [-0.3, -0.25) is 0 Å². The van der Waals surface area contributed by atoms with Crippen molar-refractivity contribution in [2.24, 2.45) is 0 Å². The molecule has 0 bridgehead atoms. The first-order valence-corrected chi connectivity index (χ1v) is 11.2. The molecule has 1 fully saturated rings. The van der Waals surface area contributed by atoms with Crippen LogP contribution in [0.3, 0.4) is 0 Å². The molecule has 0 aliphatic carbocycles. The summed E-state index contributed by atoms with van der Waals surface area (Å²) in [4.78, 5) is 27.0. The predicted molar refractivity (Wildman–Crippen MR) is 123 cm³/mol. The number of hydrogen-bond donors (Lipinski definition) is 1. The van der Waals surface area contributed by atoms with Crippen molar-refractivity contribution in [3.63, 3.8) is 0 Å². The number of nitrogens with one attached hydrogen (secondary N) is 1. The predicted octanol–water partition coefficient (Wildman–Crippen LogP) is 4.58. The zero-order valence-corrected chi connectivity index (χ0v) is 19.2. The molecular weight excluding hydrogens is 423 g/mol. The van der Waals surface area contributed by atoms with E-state index in [1.54, 1.807) is 11.1 Å². The second-order valence-electron chi connectivity index (χ2n) is 8.49. The van der Waals surface area contributed by atoms with Crippen molar-refractivity contribution in [1.29, 1.82) is 0 Å². The van der Waals surface area contributed by atoms with Crippen molar-refractivity contribution in [2.45, 2.75) is 52.3 Å². The summed E-state index contributed by atoms with van der Waals surface area (Å²) in [7, 11) is 0. The summed E-state index contributed by atoms with van der Waals surface area (Å²) in [6, 6.07) is 9.82. The highest BCUT2D eigenvalue weighted by Crippen LogP contribution is 2.26. The summed E-state index contributed by atoms with van der Waals surface area (Å²) in [5.41, 5.74) is 1.81. The van der Waals surface area contributed by atoms with E-state index in [9.17, 15) is 9.18 Å². The first-order valence-electron chi connectivity index (χ1n) is 11.2. The number of benzene rings is 1. The van der Waals surface area contributed by atoms with E-state index in [0.717, 1.165) is 24.2 Å². The van der Waals surface area contributed by atoms with Gasteiger partial charge in [0.15, 0.2) is 5.82 Å². The Morgan fingerprint density at radius 2 is 1.91 bits per heavy atom. The van der Waals surface area contributed by atoms with Gasteiger partial charge in [-0.1, -0.05) is 30.3 Å². The third kappa shape index (κ3) is 5.30. The molecule has 8 nitrogen and oxygen atoms in total. The van der Waals surface area contributed by atoms with E-state index >= 15 is 0 Å². The third-order valence-electron chi connectivity index (χ3n) is 5.78. The second-order valence-corrected chi connectivity index (χ2v) is 8.49. The number of imidazole rings is 1. The number of carbonyl (C=O) groups is 1. The average molecular weight is 453 g/mol. The maximum atomic E-state index is 14.6. The summed E-state index contributed by atoms with van der Waals surface area (Å²) in [5.74, 6) is 0.683. The second kappa shape index (κ2) is 9.97. The standard InChI is InChI=1S/C24H29FN6O2/c1-16(2)31-17(3)26-14-21(31)22-20(25)13-27-23(29-22)28-19-9-11-30(12-10-19)24(32)33-15-18-7-5-4-6-8-18/h4-8,13-14,16,19H,9-12,15H2,1-3H3,(H,27,28,29). The summed E-state index contributed by atoms with van der Waals surface area (Å²) in [5, 5.41) is 3.29. The lowest BCUT2D eigenvalue weighted by Gasteiger charge is -2.31. The van der Waals surface area contributed by atoms with E-state index in [-0.39, 0.29) is 30.5 Å². The molecule has 9 heteroatoms. The molecule has 33 heavy (non-hydrogen) atoms. The SMILES string of the molecule is Cc1ncc(-c2nc(NC3CCN(C(=O)OCc4ccccc4)CC3)ncc2F)n1C(C)C. The van der Waals surface area contributed by atoms with Gasteiger partial charge in [0.25, 0.3) is 0 Å². The van der Waals surface area contributed by atoms with Gasteiger partial charge < -0.3 is 19.5 Å². The number of hydrogen-bond acceptors (Lipinski definition) is 6. The lowest BCUT2D eigenvalue weighted by atomic mass is 10.1. The van der Waals surface area contributed by atoms with Crippen LogP contribution in [0.15, 0.2) is 42.7 Å². The third-order valence-corrected chi connectivity index (χ3v) is 5.78. The number of halogens is 1. The average Bonchev–Trinajstić information content (AvgIpc) is 3.21. The van der Waals surface area contributed by atoms with Crippen molar-refractivity contribution >= 4 is 12.0 Å². The van der Waals surface area contributed by atoms with Gasteiger partial charge in [-0.25, -0.2) is 24.1 Å². The van der Waals surface area contributed by atoms with E-state index in [1.807, 2.05) is 55.7 Å². The molecule has 0 spiro atoms. The van der Waals surface area contributed by atoms with Crippen LogP contribution < -0.4 is 5.32 Å². The summed E-state index contributed by atoms with van der Waals surface area (Å²) in [6.45, 7) is 7.33. The number of ether oxygens (including phenoxy) is 1. The van der Waals surface area contributed by atoms with Gasteiger partial charge in [0.1, 0.15) is 18.1 Å². The Morgan fingerprint density at radius 3 is 2.61 bits per heavy atom. The smallest absolute Gasteiger partial charge is 0.410 e. The minimum absolute atomic E-state index is 0.0817. The Balaban J connectivity index is 1.35. The molecule has 2 aromatic heterocycles. The van der Waals surface area contributed by atoms with Crippen LogP contribution >= 0.6 is 0 Å². The molecule has 3 aromatic rings. The number of piperidine rings is 1. The monoisotopic (exact) mass is 452 g/mol. The van der Waals surface area contributed by atoms with E-state index in [4.69, 9.17) is 4.74 Å². The Labute approximate surface area is 192 Å². The minimum Gasteiger partial charge on any atom is -0.445 e. The topological polar surface area (TPSA) is 85.2 Å². The van der Waals surface area contributed by atoms with Crippen LogP contribution in [0.25, 0.3) is 11.4 Å². The molecule has 1 aliphatic heterocycles. The molecule has 0 unspecified atom stereocenters. The van der Waals surface area contributed by atoms with Gasteiger partial charge >= 0.3 is 6.09 Å². The molecule has 1 aliphatic rings. The van der Waals surface area contributed by atoms with Gasteiger partial charge in [0.2, 0.25) is 5.95 Å². The van der Waals surface area contributed by atoms with Crippen LogP contribution in [0.5, 0.6) is 0 Å². The van der Waals surface area contributed by atoms with Crippen LogP contribution in [-0.2, 0) is 11.3 Å². The molecule has 3 heterocycles. The zero-order valence-electron chi connectivity index (χ0n) is 19.2. The van der Waals surface area contributed by atoms with Crippen LogP contribution in [-0.4, -0.2) is 49.6 Å². The Bertz CT molecular complexity index is 1090. The van der Waals surface area contributed by atoms with Gasteiger partial charge in [-0.2, -0.15) is 0 Å². The fraction of sp³-hybridized carbons (Fsp3) is 0.417. The van der Waals surface area contributed by atoms with Gasteiger partial charge in [-0.15, -0.1) is 0 Å². The highest BCUT2D eigenvalue weighted by molar-refractivity contribution is 5.67. The Morgan fingerprint density at radius 1 is 1.18 bits per heavy atom. The molecule has 4 rings (SSSR count). The zero-order chi connectivity index (χ0) is 23.4. The van der Waals surface area contributed by atoms with Gasteiger partial charge in [0.05, 0.1) is 18.1 Å². The lowest BCUT2D eigenvalue weighted by Crippen LogP contribution is -2.42. The fourth-order valence-corrected chi connectivity index (χ4v) is 4.10. The molecule has 1 N–H and O–H groups in total. The van der Waals surface area contributed by atoms with E-state index in [0.29, 0.717) is 24.7 Å². The van der Waals surface area contributed by atoms with Gasteiger partial charge in [0, 0.05) is 25.2 Å². The number of aryl methyl sites for hydroxylation is 1. The Kier molecular flexibility index (Phi) is 6.86. The molecule has 1 saturated heterocycles. The lowest BCUT2D eigenvalue weighted by molar-refractivity contribution is 0.0881. The maximum absolute atomic E-state index is 14.6. The Hall–Kier alpha value is -3.49. The normalized spacial score (nSPS) is 14.5. The molecule has 0 radical (unpaired) electrons. The van der Waals surface area contributed by atoms with E-state index < -0.39 is 5.82 Å². The number of aromatic nitrogens is 4. The fourth-order valence-electron chi connectivity index (χ4n) is 4.10. The molecular formula is C24H29FN6O2. The van der Waals surface area contributed by atoms with Crippen molar-refractivity contribution < 1.29 is 13.9 Å². The molecule has 174 valence electrons. The number of anilines is 1. The summed E-state index contributed by atoms with van der Waals surface area (Å²) >= 11 is 0. The van der Waals surface area contributed by atoms with Crippen LogP contribution in [0.1, 0.15) is 44.1 Å². The summed E-state index contributed by atoms with van der Waals surface area (Å²) < 4.78 is 21.9. The van der Waals surface area contributed by atoms with Crippen LogP contribution in [0, 0.1) is 12.7 Å². The van der Waals surface area contributed by atoms with Crippen LogP contribution in [0.4, 0.5) is 15.1 Å². The maximum Gasteiger partial charge on any atom is 0.410 e. The molecule has 1 amide bonds. The highest BCUT2D eigenvalue weighted by Gasteiger charge is 2.25. The number of carbonyl (C=O) groups excluding carboxylic acids is 1. The van der Waals surface area contributed by atoms with Crippen molar-refractivity contribution in [1.82, 2.24) is 24.4 Å². The number of rotatable bonds is 6. The van der Waals surface area contributed by atoms with Gasteiger partial charge in [-0.05, 0) is 39.2 Å². The molecule has 1 aromatic carbocycles. The first-order chi connectivity index (χ1) is 15.9. The highest BCUT2D eigenvalue weighted by atomic mass is 19.1. The number of nitrogens with zero attached hydrogens (tertiary/aromatic N) is 5. The minimum atomic E-state index is -0.488. The van der Waals surface area contributed by atoms with Crippen molar-refractivity contribution in [3.05, 3.63) is 59.9 Å². The number of amides is 1. The van der Waals surface area contributed by atoms with Crippen LogP contribution in [0.2, 0.25) is 0 Å². The molecule has 0 atom stereocenters. The quantitative estimate of drug-likeness (QED) is 0.589. The number of likely N-dealkylation sites (tertiary alicyclic amines) is 1. The van der Waals surface area contributed by atoms with Crippen molar-refractivity contribution in [2.75, 3.05) is 18.4 Å². The molecule has 0 saturated carbocycles.